The second-order valence-electron chi connectivity index (χ2n) is 5.85. The van der Waals surface area contributed by atoms with Crippen molar-refractivity contribution in [2.24, 2.45) is 17.6 Å². The molecule has 0 radical (unpaired) electrons. The van der Waals surface area contributed by atoms with Gasteiger partial charge in [-0.2, -0.15) is 0 Å². The van der Waals surface area contributed by atoms with Crippen LogP contribution in [0.4, 0.5) is 5.69 Å². The number of benzene rings is 1. The Bertz CT molecular complexity index is 405. The molecule has 1 aromatic carbocycles. The average Bonchev–Trinajstić information content (AvgIpc) is 2.39. The molecule has 1 saturated carbocycles. The minimum absolute atomic E-state index is 0.281. The lowest BCUT2D eigenvalue weighted by Gasteiger charge is -2.26. The lowest BCUT2D eigenvalue weighted by Crippen LogP contribution is -2.20. The van der Waals surface area contributed by atoms with Gasteiger partial charge in [0.2, 0.25) is 5.91 Å². The molecule has 3 N–H and O–H groups in total. The third-order valence-electron chi connectivity index (χ3n) is 4.06. The molecule has 0 bridgehead atoms. The molecule has 0 atom stereocenters. The van der Waals surface area contributed by atoms with Gasteiger partial charge in [-0.25, -0.2) is 0 Å². The Morgan fingerprint density at radius 3 is 2.42 bits per heavy atom. The van der Waals surface area contributed by atoms with Crippen LogP contribution in [0.1, 0.15) is 38.2 Å². The van der Waals surface area contributed by atoms with E-state index in [-0.39, 0.29) is 5.91 Å². The van der Waals surface area contributed by atoms with Crippen molar-refractivity contribution in [1.82, 2.24) is 0 Å². The first kappa shape index (κ1) is 13.9. The van der Waals surface area contributed by atoms with Gasteiger partial charge < -0.3 is 11.1 Å². The molecule has 1 aliphatic carbocycles. The standard InChI is InChI=1S/C16H24N2O/c1-12-2-4-14(5-3-12)11-18-15-8-6-13(7-9-15)10-16(17)19/h6-9,12,14,18H,2-5,10-11H2,1H3,(H2,17,19). The van der Waals surface area contributed by atoms with Gasteiger partial charge in [0.1, 0.15) is 0 Å². The Labute approximate surface area is 115 Å². The van der Waals surface area contributed by atoms with E-state index < -0.39 is 0 Å². The number of hydrogen-bond acceptors (Lipinski definition) is 2. The Morgan fingerprint density at radius 1 is 1.21 bits per heavy atom. The van der Waals surface area contributed by atoms with E-state index in [0.29, 0.717) is 6.42 Å². The normalized spacial score (nSPS) is 23.0. The molecule has 19 heavy (non-hydrogen) atoms. The van der Waals surface area contributed by atoms with Crippen LogP contribution in [-0.4, -0.2) is 12.5 Å². The molecule has 3 heteroatoms. The molecule has 1 amide bonds. The van der Waals surface area contributed by atoms with Gasteiger partial charge in [-0.15, -0.1) is 0 Å². The van der Waals surface area contributed by atoms with Gasteiger partial charge in [-0.3, -0.25) is 4.79 Å². The summed E-state index contributed by atoms with van der Waals surface area (Å²) in [5, 5.41) is 3.49. The quantitative estimate of drug-likeness (QED) is 0.855. The molecule has 0 spiro atoms. The molecule has 0 heterocycles. The van der Waals surface area contributed by atoms with E-state index >= 15 is 0 Å². The maximum atomic E-state index is 10.8. The Kier molecular flexibility index (Phi) is 4.83. The van der Waals surface area contributed by atoms with Crippen LogP contribution in [0, 0.1) is 11.8 Å². The van der Waals surface area contributed by atoms with Crippen LogP contribution in [-0.2, 0) is 11.2 Å². The van der Waals surface area contributed by atoms with Crippen molar-refractivity contribution in [3.8, 4) is 0 Å². The number of nitrogens with one attached hydrogen (secondary N) is 1. The minimum Gasteiger partial charge on any atom is -0.385 e. The number of rotatable bonds is 5. The van der Waals surface area contributed by atoms with Crippen LogP contribution in [0.2, 0.25) is 0 Å². The van der Waals surface area contributed by atoms with E-state index in [1.807, 2.05) is 24.3 Å². The fraction of sp³-hybridized carbons (Fsp3) is 0.562. The summed E-state index contributed by atoms with van der Waals surface area (Å²) in [5.41, 5.74) is 7.28. The maximum absolute atomic E-state index is 10.8. The highest BCUT2D eigenvalue weighted by atomic mass is 16.1. The van der Waals surface area contributed by atoms with Crippen molar-refractivity contribution in [3.63, 3.8) is 0 Å². The number of amides is 1. The Hall–Kier alpha value is -1.51. The molecule has 3 nitrogen and oxygen atoms in total. The molecule has 104 valence electrons. The number of carbonyl (C=O) groups excluding carboxylic acids is 1. The third-order valence-corrected chi connectivity index (χ3v) is 4.06. The van der Waals surface area contributed by atoms with E-state index in [1.165, 1.54) is 25.7 Å². The maximum Gasteiger partial charge on any atom is 0.221 e. The lowest BCUT2D eigenvalue weighted by atomic mass is 9.83. The Morgan fingerprint density at radius 2 is 1.84 bits per heavy atom. The summed E-state index contributed by atoms with van der Waals surface area (Å²) < 4.78 is 0. The van der Waals surface area contributed by atoms with E-state index in [4.69, 9.17) is 5.73 Å². The highest BCUT2D eigenvalue weighted by Gasteiger charge is 2.17. The van der Waals surface area contributed by atoms with Crippen LogP contribution >= 0.6 is 0 Å². The number of primary amides is 1. The number of carbonyl (C=O) groups is 1. The SMILES string of the molecule is CC1CCC(CNc2ccc(CC(N)=O)cc2)CC1. The zero-order chi connectivity index (χ0) is 13.7. The van der Waals surface area contributed by atoms with Crippen molar-refractivity contribution in [3.05, 3.63) is 29.8 Å². The van der Waals surface area contributed by atoms with Gasteiger partial charge in [0.25, 0.3) is 0 Å². The van der Waals surface area contributed by atoms with E-state index in [2.05, 4.69) is 12.2 Å². The topological polar surface area (TPSA) is 55.1 Å². The molecule has 0 unspecified atom stereocenters. The predicted molar refractivity (Wildman–Crippen MR) is 79.0 cm³/mol. The first-order valence-corrected chi connectivity index (χ1v) is 7.24. The lowest BCUT2D eigenvalue weighted by molar-refractivity contribution is -0.117. The molecule has 1 aliphatic rings. The molecule has 0 aromatic heterocycles. The van der Waals surface area contributed by atoms with Crippen molar-refractivity contribution in [2.75, 3.05) is 11.9 Å². The summed E-state index contributed by atoms with van der Waals surface area (Å²) in [5.74, 6) is 1.43. The molecule has 0 saturated heterocycles. The first-order chi connectivity index (χ1) is 9.13. The summed E-state index contributed by atoms with van der Waals surface area (Å²) in [7, 11) is 0. The van der Waals surface area contributed by atoms with Gasteiger partial charge in [-0.1, -0.05) is 31.9 Å². The summed E-state index contributed by atoms with van der Waals surface area (Å²) in [4.78, 5) is 10.8. The highest BCUT2D eigenvalue weighted by Crippen LogP contribution is 2.28. The second-order valence-corrected chi connectivity index (χ2v) is 5.85. The average molecular weight is 260 g/mol. The third kappa shape index (κ3) is 4.58. The highest BCUT2D eigenvalue weighted by molar-refractivity contribution is 5.76. The smallest absolute Gasteiger partial charge is 0.221 e. The monoisotopic (exact) mass is 260 g/mol. The number of nitrogens with two attached hydrogens (primary N) is 1. The van der Waals surface area contributed by atoms with Crippen molar-refractivity contribution >= 4 is 11.6 Å². The molecular weight excluding hydrogens is 236 g/mol. The van der Waals surface area contributed by atoms with Gasteiger partial charge in [0.05, 0.1) is 6.42 Å². The fourth-order valence-electron chi connectivity index (χ4n) is 2.74. The van der Waals surface area contributed by atoms with E-state index in [9.17, 15) is 4.79 Å². The summed E-state index contributed by atoms with van der Waals surface area (Å²) in [6.45, 7) is 3.41. The first-order valence-electron chi connectivity index (χ1n) is 7.24. The molecule has 0 aliphatic heterocycles. The zero-order valence-corrected chi connectivity index (χ0v) is 11.7. The Balaban J connectivity index is 1.78. The molecule has 1 fully saturated rings. The molecule has 2 rings (SSSR count). The number of hydrogen-bond donors (Lipinski definition) is 2. The van der Waals surface area contributed by atoms with Crippen LogP contribution in [0.25, 0.3) is 0 Å². The van der Waals surface area contributed by atoms with Gasteiger partial charge in [-0.05, 0) is 42.4 Å². The van der Waals surface area contributed by atoms with Gasteiger partial charge in [0.15, 0.2) is 0 Å². The largest absolute Gasteiger partial charge is 0.385 e. The predicted octanol–water partition coefficient (Wildman–Crippen LogP) is 2.95. The zero-order valence-electron chi connectivity index (χ0n) is 11.7. The summed E-state index contributed by atoms with van der Waals surface area (Å²) >= 11 is 0. The van der Waals surface area contributed by atoms with Crippen LogP contribution < -0.4 is 11.1 Å². The summed E-state index contributed by atoms with van der Waals surface area (Å²) in [6, 6.07) is 8.00. The van der Waals surface area contributed by atoms with Crippen molar-refractivity contribution < 1.29 is 4.79 Å². The van der Waals surface area contributed by atoms with Gasteiger partial charge in [0, 0.05) is 12.2 Å². The second kappa shape index (κ2) is 6.60. The van der Waals surface area contributed by atoms with Crippen molar-refractivity contribution in [1.29, 1.82) is 0 Å². The van der Waals surface area contributed by atoms with Crippen molar-refractivity contribution in [2.45, 2.75) is 39.0 Å². The van der Waals surface area contributed by atoms with E-state index in [0.717, 1.165) is 29.6 Å². The van der Waals surface area contributed by atoms with Crippen LogP contribution in [0.5, 0.6) is 0 Å². The summed E-state index contributed by atoms with van der Waals surface area (Å²) in [6.07, 6.45) is 5.73. The van der Waals surface area contributed by atoms with Gasteiger partial charge >= 0.3 is 0 Å². The van der Waals surface area contributed by atoms with Crippen LogP contribution in [0.15, 0.2) is 24.3 Å². The fourth-order valence-corrected chi connectivity index (χ4v) is 2.74. The number of anilines is 1. The molecule has 1 aromatic rings. The molecular formula is C16H24N2O. The van der Waals surface area contributed by atoms with Crippen LogP contribution in [0.3, 0.4) is 0 Å². The minimum atomic E-state index is -0.281. The van der Waals surface area contributed by atoms with E-state index in [1.54, 1.807) is 0 Å².